The van der Waals surface area contributed by atoms with Gasteiger partial charge in [0, 0.05) is 13.5 Å². The van der Waals surface area contributed by atoms with E-state index in [9.17, 15) is 9.59 Å². The van der Waals surface area contributed by atoms with Gasteiger partial charge >= 0.3 is 0 Å². The molecule has 0 unspecified atom stereocenters. The van der Waals surface area contributed by atoms with Crippen LogP contribution in [0.5, 0.6) is 0 Å². The Morgan fingerprint density at radius 2 is 1.95 bits per heavy atom. The summed E-state index contributed by atoms with van der Waals surface area (Å²) in [4.78, 5) is 25.8. The van der Waals surface area contributed by atoms with E-state index in [1.54, 1.807) is 11.9 Å². The van der Waals surface area contributed by atoms with E-state index in [2.05, 4.69) is 5.32 Å². The standard InChI is InChI=1S/C15H20N2O2/c1-3-14(18)17-12(11-7-5-4-6-8-11)9-10-13(17)15(19)16-2/h4-8,12-13H,3,9-10H2,1-2H3,(H,16,19)/t12-,13+/m1/s1. The van der Waals surface area contributed by atoms with Crippen LogP contribution < -0.4 is 5.32 Å². The number of nitrogens with one attached hydrogen (secondary N) is 1. The van der Waals surface area contributed by atoms with Gasteiger partial charge in [-0.15, -0.1) is 0 Å². The number of likely N-dealkylation sites (tertiary alicyclic amines) is 1. The molecule has 4 heteroatoms. The van der Waals surface area contributed by atoms with E-state index >= 15 is 0 Å². The van der Waals surface area contributed by atoms with E-state index in [1.165, 1.54) is 0 Å². The first kappa shape index (κ1) is 13.6. The summed E-state index contributed by atoms with van der Waals surface area (Å²) in [5.41, 5.74) is 1.11. The third-order valence-corrected chi connectivity index (χ3v) is 3.71. The lowest BCUT2D eigenvalue weighted by atomic mass is 10.0. The first-order valence-electron chi connectivity index (χ1n) is 6.76. The van der Waals surface area contributed by atoms with E-state index in [0.29, 0.717) is 6.42 Å². The summed E-state index contributed by atoms with van der Waals surface area (Å²) in [6.07, 6.45) is 2.00. The molecule has 0 bridgehead atoms. The molecule has 2 atom stereocenters. The molecule has 1 N–H and O–H groups in total. The molecule has 1 fully saturated rings. The van der Waals surface area contributed by atoms with Crippen molar-refractivity contribution < 1.29 is 9.59 Å². The Morgan fingerprint density at radius 3 is 2.53 bits per heavy atom. The van der Waals surface area contributed by atoms with Crippen molar-refractivity contribution in [1.82, 2.24) is 10.2 Å². The molecular formula is C15H20N2O2. The van der Waals surface area contributed by atoms with Crippen molar-refractivity contribution in [3.63, 3.8) is 0 Å². The normalized spacial score (nSPS) is 22.3. The van der Waals surface area contributed by atoms with Crippen LogP contribution in [0.2, 0.25) is 0 Å². The number of hydrogen-bond donors (Lipinski definition) is 1. The van der Waals surface area contributed by atoms with Gasteiger partial charge in [0.15, 0.2) is 0 Å². The van der Waals surface area contributed by atoms with Crippen molar-refractivity contribution in [3.05, 3.63) is 35.9 Å². The van der Waals surface area contributed by atoms with E-state index in [0.717, 1.165) is 18.4 Å². The van der Waals surface area contributed by atoms with Crippen LogP contribution >= 0.6 is 0 Å². The molecule has 0 radical (unpaired) electrons. The minimum absolute atomic E-state index is 0.0240. The van der Waals surface area contributed by atoms with Gasteiger partial charge < -0.3 is 10.2 Å². The Balaban J connectivity index is 2.29. The maximum absolute atomic E-state index is 12.2. The molecule has 2 amide bonds. The lowest BCUT2D eigenvalue weighted by Gasteiger charge is -2.29. The summed E-state index contributed by atoms with van der Waals surface area (Å²) in [6.45, 7) is 1.84. The Hall–Kier alpha value is -1.84. The van der Waals surface area contributed by atoms with Gasteiger partial charge in [-0.05, 0) is 18.4 Å². The minimum Gasteiger partial charge on any atom is -0.357 e. The Bertz CT molecular complexity index is 458. The van der Waals surface area contributed by atoms with Crippen LogP contribution in [-0.2, 0) is 9.59 Å². The highest BCUT2D eigenvalue weighted by molar-refractivity contribution is 5.88. The summed E-state index contributed by atoms with van der Waals surface area (Å²) >= 11 is 0. The third kappa shape index (κ3) is 2.62. The van der Waals surface area contributed by atoms with Gasteiger partial charge in [-0.25, -0.2) is 0 Å². The molecular weight excluding hydrogens is 240 g/mol. The lowest BCUT2D eigenvalue weighted by molar-refractivity contribution is -0.140. The van der Waals surface area contributed by atoms with Gasteiger partial charge in [0.1, 0.15) is 6.04 Å². The summed E-state index contributed by atoms with van der Waals surface area (Å²) in [6, 6.07) is 9.63. The van der Waals surface area contributed by atoms with E-state index in [1.807, 2.05) is 37.3 Å². The molecule has 1 aromatic carbocycles. The molecule has 0 saturated carbocycles. The van der Waals surface area contributed by atoms with Crippen molar-refractivity contribution in [1.29, 1.82) is 0 Å². The molecule has 1 saturated heterocycles. The van der Waals surface area contributed by atoms with Crippen molar-refractivity contribution in [3.8, 4) is 0 Å². The van der Waals surface area contributed by atoms with Crippen molar-refractivity contribution in [2.75, 3.05) is 7.05 Å². The quantitative estimate of drug-likeness (QED) is 0.902. The monoisotopic (exact) mass is 260 g/mol. The number of rotatable bonds is 3. The van der Waals surface area contributed by atoms with E-state index < -0.39 is 0 Å². The second kappa shape index (κ2) is 5.87. The summed E-state index contributed by atoms with van der Waals surface area (Å²) in [5.74, 6) is -0.0276. The topological polar surface area (TPSA) is 49.4 Å². The lowest BCUT2D eigenvalue weighted by Crippen LogP contribution is -2.45. The first-order chi connectivity index (χ1) is 9.19. The van der Waals surface area contributed by atoms with Gasteiger partial charge in [-0.2, -0.15) is 0 Å². The Labute approximate surface area is 113 Å². The predicted octanol–water partition coefficient (Wildman–Crippen LogP) is 1.87. The number of amides is 2. The van der Waals surface area contributed by atoms with Gasteiger partial charge in [-0.3, -0.25) is 9.59 Å². The van der Waals surface area contributed by atoms with Crippen LogP contribution in [0.3, 0.4) is 0 Å². The molecule has 1 aliphatic rings. The molecule has 1 aromatic rings. The summed E-state index contributed by atoms with van der Waals surface area (Å²) < 4.78 is 0. The zero-order valence-corrected chi connectivity index (χ0v) is 11.4. The molecule has 19 heavy (non-hydrogen) atoms. The van der Waals surface area contributed by atoms with Crippen LogP contribution in [0.15, 0.2) is 30.3 Å². The molecule has 1 heterocycles. The zero-order chi connectivity index (χ0) is 13.8. The number of benzene rings is 1. The zero-order valence-electron chi connectivity index (χ0n) is 11.4. The number of carbonyl (C=O) groups is 2. The molecule has 0 aromatic heterocycles. The highest BCUT2D eigenvalue weighted by atomic mass is 16.2. The third-order valence-electron chi connectivity index (χ3n) is 3.71. The fraction of sp³-hybridized carbons (Fsp3) is 0.467. The molecule has 4 nitrogen and oxygen atoms in total. The molecule has 0 spiro atoms. The van der Waals surface area contributed by atoms with Crippen LogP contribution in [0.1, 0.15) is 37.8 Å². The SMILES string of the molecule is CCC(=O)N1[C@@H](c2ccccc2)CC[C@H]1C(=O)NC. The van der Waals surface area contributed by atoms with Crippen molar-refractivity contribution in [2.45, 2.75) is 38.3 Å². The average Bonchev–Trinajstić information content (AvgIpc) is 2.91. The van der Waals surface area contributed by atoms with Crippen molar-refractivity contribution >= 4 is 11.8 Å². The van der Waals surface area contributed by atoms with Crippen LogP contribution in [0.25, 0.3) is 0 Å². The van der Waals surface area contributed by atoms with Gasteiger partial charge in [0.25, 0.3) is 0 Å². The van der Waals surface area contributed by atoms with E-state index in [4.69, 9.17) is 0 Å². The number of nitrogens with zero attached hydrogens (tertiary/aromatic N) is 1. The number of likely N-dealkylation sites (N-methyl/N-ethyl adjacent to an activating group) is 1. The molecule has 0 aliphatic carbocycles. The summed E-state index contributed by atoms with van der Waals surface area (Å²) in [7, 11) is 1.62. The van der Waals surface area contributed by atoms with Crippen LogP contribution in [0, 0.1) is 0 Å². The van der Waals surface area contributed by atoms with Crippen molar-refractivity contribution in [2.24, 2.45) is 0 Å². The van der Waals surface area contributed by atoms with Crippen LogP contribution in [0.4, 0.5) is 0 Å². The maximum atomic E-state index is 12.2. The second-order valence-corrected chi connectivity index (χ2v) is 4.79. The van der Waals surface area contributed by atoms with Gasteiger partial charge in [0.2, 0.25) is 11.8 Å². The molecule has 1 aliphatic heterocycles. The Kier molecular flexibility index (Phi) is 4.20. The fourth-order valence-electron chi connectivity index (χ4n) is 2.77. The largest absolute Gasteiger partial charge is 0.357 e. The molecule has 2 rings (SSSR count). The van der Waals surface area contributed by atoms with Gasteiger partial charge in [0.05, 0.1) is 6.04 Å². The average molecular weight is 260 g/mol. The smallest absolute Gasteiger partial charge is 0.242 e. The minimum atomic E-state index is -0.331. The highest BCUT2D eigenvalue weighted by Crippen LogP contribution is 2.36. The van der Waals surface area contributed by atoms with E-state index in [-0.39, 0.29) is 23.9 Å². The number of carbonyl (C=O) groups excluding carboxylic acids is 2. The summed E-state index contributed by atoms with van der Waals surface area (Å²) in [5, 5.41) is 2.66. The predicted molar refractivity (Wildman–Crippen MR) is 73.4 cm³/mol. The highest BCUT2D eigenvalue weighted by Gasteiger charge is 2.40. The second-order valence-electron chi connectivity index (χ2n) is 4.79. The first-order valence-corrected chi connectivity index (χ1v) is 6.76. The maximum Gasteiger partial charge on any atom is 0.242 e. The van der Waals surface area contributed by atoms with Crippen LogP contribution in [-0.4, -0.2) is 29.8 Å². The Morgan fingerprint density at radius 1 is 1.26 bits per heavy atom. The fourth-order valence-corrected chi connectivity index (χ4v) is 2.77. The molecule has 102 valence electrons. The van der Waals surface area contributed by atoms with Gasteiger partial charge in [-0.1, -0.05) is 37.3 Å². The number of hydrogen-bond acceptors (Lipinski definition) is 2.